The molecule has 0 aromatic carbocycles. The Morgan fingerprint density at radius 1 is 1.33 bits per heavy atom. The molecular weight excluding hydrogens is 430 g/mol. The van der Waals surface area contributed by atoms with E-state index in [9.17, 15) is 14.7 Å². The first kappa shape index (κ1) is 22.5. The van der Waals surface area contributed by atoms with Crippen molar-refractivity contribution in [3.63, 3.8) is 0 Å². The number of nitrogens with zero attached hydrogens (tertiary/aromatic N) is 3. The Bertz CT molecular complexity index is 915. The molecular formula is C19H26ClN5O4S. The lowest BCUT2D eigenvalue weighted by molar-refractivity contribution is 0.0271. The Hall–Kier alpha value is -2.17. The number of rotatable bonds is 8. The average molecular weight is 456 g/mol. The zero-order valence-electron chi connectivity index (χ0n) is 17.2. The number of thiazole rings is 1. The largest absolute Gasteiger partial charge is 0.476 e. The minimum absolute atomic E-state index is 0.113. The van der Waals surface area contributed by atoms with E-state index in [1.807, 2.05) is 25.7 Å². The topological polar surface area (TPSA) is 120 Å². The number of carbonyl (C=O) groups excluding carboxylic acids is 1. The fourth-order valence-corrected chi connectivity index (χ4v) is 4.78. The quantitative estimate of drug-likeness (QED) is 0.559. The molecule has 1 amide bonds. The molecule has 0 spiro atoms. The molecule has 2 atom stereocenters. The molecule has 1 aliphatic heterocycles. The van der Waals surface area contributed by atoms with Gasteiger partial charge in [0.05, 0.1) is 17.8 Å². The summed E-state index contributed by atoms with van der Waals surface area (Å²) < 4.78 is 5.89. The van der Waals surface area contributed by atoms with Crippen molar-refractivity contribution in [2.45, 2.75) is 52.2 Å². The van der Waals surface area contributed by atoms with Gasteiger partial charge in [0.15, 0.2) is 21.8 Å². The first-order valence-corrected chi connectivity index (χ1v) is 11.2. The number of carboxylic acids is 1. The highest BCUT2D eigenvalue weighted by atomic mass is 35.5. The molecule has 0 aliphatic carbocycles. The van der Waals surface area contributed by atoms with Crippen LogP contribution in [0.25, 0.3) is 0 Å². The zero-order valence-corrected chi connectivity index (χ0v) is 18.8. The van der Waals surface area contributed by atoms with E-state index in [0.717, 1.165) is 10.6 Å². The number of imidazole rings is 1. The van der Waals surface area contributed by atoms with E-state index in [-0.39, 0.29) is 29.6 Å². The van der Waals surface area contributed by atoms with Crippen LogP contribution in [0, 0.1) is 0 Å². The number of aromatic nitrogens is 3. The summed E-state index contributed by atoms with van der Waals surface area (Å²) in [4.78, 5) is 38.2. The van der Waals surface area contributed by atoms with Crippen molar-refractivity contribution in [3.05, 3.63) is 27.2 Å². The number of halogens is 1. The lowest BCUT2D eigenvalue weighted by Crippen LogP contribution is -2.55. The summed E-state index contributed by atoms with van der Waals surface area (Å²) in [6, 6.07) is -0.202. The highest BCUT2D eigenvalue weighted by Gasteiger charge is 2.33. The summed E-state index contributed by atoms with van der Waals surface area (Å²) in [6.45, 7) is 7.38. The Morgan fingerprint density at radius 3 is 2.67 bits per heavy atom. The molecule has 30 heavy (non-hydrogen) atoms. The summed E-state index contributed by atoms with van der Waals surface area (Å²) >= 11 is 7.44. The zero-order chi connectivity index (χ0) is 21.8. The smallest absolute Gasteiger partial charge is 0.355 e. The number of hydrogen-bond acceptors (Lipinski definition) is 7. The third kappa shape index (κ3) is 4.76. The number of aryl methyl sites for hydroxylation is 2. The molecule has 1 aliphatic rings. The monoisotopic (exact) mass is 455 g/mol. The van der Waals surface area contributed by atoms with Crippen LogP contribution in [0.3, 0.4) is 0 Å². The molecule has 0 bridgehead atoms. The summed E-state index contributed by atoms with van der Waals surface area (Å²) in [5.41, 5.74) is 0.838. The van der Waals surface area contributed by atoms with Crippen molar-refractivity contribution >= 4 is 39.9 Å². The van der Waals surface area contributed by atoms with Crippen molar-refractivity contribution in [1.29, 1.82) is 0 Å². The predicted molar refractivity (Wildman–Crippen MR) is 115 cm³/mol. The first-order chi connectivity index (χ1) is 14.4. The standard InChI is InChI=1S/C19H26ClN5O4S/c1-4-10-15(20)24-16(21-10)17(26)22-11-7-8-25(9-12(11)29-6-3)19-23-14(18(27)28)13(5-2)30-19/h11-12H,4-9H2,1-3H3,(H,21,24)(H,22,26)(H,27,28)/t11-,12+/m0/s1. The van der Waals surface area contributed by atoms with Crippen LogP contribution in [0.2, 0.25) is 5.15 Å². The number of hydrogen-bond donors (Lipinski definition) is 3. The second-order valence-corrected chi connectivity index (χ2v) is 8.36. The van der Waals surface area contributed by atoms with E-state index in [0.29, 0.717) is 49.2 Å². The Labute approximate surface area is 183 Å². The molecule has 164 valence electrons. The Balaban J connectivity index is 1.72. The predicted octanol–water partition coefficient (Wildman–Crippen LogP) is 2.76. The van der Waals surface area contributed by atoms with Crippen molar-refractivity contribution in [3.8, 4) is 0 Å². The highest BCUT2D eigenvalue weighted by Crippen LogP contribution is 2.30. The molecule has 9 nitrogen and oxygen atoms in total. The second kappa shape index (κ2) is 9.76. The van der Waals surface area contributed by atoms with Crippen molar-refractivity contribution in [2.75, 3.05) is 24.6 Å². The van der Waals surface area contributed by atoms with E-state index in [4.69, 9.17) is 16.3 Å². The van der Waals surface area contributed by atoms with Crippen molar-refractivity contribution < 1.29 is 19.4 Å². The summed E-state index contributed by atoms with van der Waals surface area (Å²) in [7, 11) is 0. The Morgan fingerprint density at radius 2 is 2.10 bits per heavy atom. The van der Waals surface area contributed by atoms with Gasteiger partial charge in [-0.2, -0.15) is 0 Å². The van der Waals surface area contributed by atoms with Crippen molar-refractivity contribution in [2.24, 2.45) is 0 Å². The number of carboxylic acid groups (broad SMARTS) is 1. The fraction of sp³-hybridized carbons (Fsp3) is 0.579. The number of aromatic amines is 1. The van der Waals surface area contributed by atoms with Gasteiger partial charge in [-0.05, 0) is 26.2 Å². The second-order valence-electron chi connectivity index (χ2n) is 6.94. The van der Waals surface area contributed by atoms with Gasteiger partial charge >= 0.3 is 5.97 Å². The fourth-order valence-electron chi connectivity index (χ4n) is 3.49. The molecule has 1 saturated heterocycles. The SMILES string of the molecule is CCO[C@@H]1CN(c2nc(C(=O)O)c(CC)s2)CC[C@@H]1NC(=O)c1nc(Cl)c(CC)[nH]1. The third-order valence-corrected chi connectivity index (χ3v) is 6.61. The van der Waals surface area contributed by atoms with Crippen LogP contribution in [0.15, 0.2) is 0 Å². The van der Waals surface area contributed by atoms with Gasteiger partial charge in [-0.15, -0.1) is 11.3 Å². The lowest BCUT2D eigenvalue weighted by atomic mass is 10.0. The third-order valence-electron chi connectivity index (χ3n) is 5.03. The van der Waals surface area contributed by atoms with E-state index in [1.54, 1.807) is 0 Å². The Kier molecular flexibility index (Phi) is 7.32. The molecule has 3 heterocycles. The van der Waals surface area contributed by atoms with Gasteiger partial charge in [-0.1, -0.05) is 25.4 Å². The number of ether oxygens (including phenoxy) is 1. The number of nitrogens with one attached hydrogen (secondary N) is 2. The van der Waals surface area contributed by atoms with Crippen LogP contribution in [0.4, 0.5) is 5.13 Å². The average Bonchev–Trinajstić information content (AvgIpc) is 3.33. The summed E-state index contributed by atoms with van der Waals surface area (Å²) in [5, 5.41) is 13.3. The number of anilines is 1. The normalized spacial score (nSPS) is 19.1. The van der Waals surface area contributed by atoms with E-state index >= 15 is 0 Å². The van der Waals surface area contributed by atoms with Crippen LogP contribution in [-0.2, 0) is 17.6 Å². The summed E-state index contributed by atoms with van der Waals surface area (Å²) in [5.74, 6) is -1.15. The number of carbonyl (C=O) groups is 2. The number of amides is 1. The molecule has 11 heteroatoms. The number of piperidine rings is 1. The molecule has 0 radical (unpaired) electrons. The maximum atomic E-state index is 12.6. The number of H-pyrrole nitrogens is 1. The van der Waals surface area contributed by atoms with Gasteiger partial charge < -0.3 is 25.0 Å². The lowest BCUT2D eigenvalue weighted by Gasteiger charge is -2.38. The molecule has 2 aromatic heterocycles. The van der Waals surface area contributed by atoms with Gasteiger partial charge in [0, 0.05) is 24.6 Å². The van der Waals surface area contributed by atoms with Gasteiger partial charge in [-0.25, -0.2) is 14.8 Å². The van der Waals surface area contributed by atoms with Crippen LogP contribution in [0.1, 0.15) is 58.9 Å². The minimum atomic E-state index is -1.01. The molecule has 0 unspecified atom stereocenters. The molecule has 0 saturated carbocycles. The first-order valence-electron chi connectivity index (χ1n) is 10.0. The van der Waals surface area contributed by atoms with Gasteiger partial charge in [0.25, 0.3) is 5.91 Å². The highest BCUT2D eigenvalue weighted by molar-refractivity contribution is 7.15. The molecule has 3 N–H and O–H groups in total. The van der Waals surface area contributed by atoms with Crippen LogP contribution >= 0.6 is 22.9 Å². The molecule has 2 aromatic rings. The van der Waals surface area contributed by atoms with Crippen LogP contribution in [-0.4, -0.2) is 63.8 Å². The van der Waals surface area contributed by atoms with E-state index in [1.165, 1.54) is 11.3 Å². The summed E-state index contributed by atoms with van der Waals surface area (Å²) in [6.07, 6.45) is 1.65. The molecule has 3 rings (SSSR count). The van der Waals surface area contributed by atoms with Crippen LogP contribution < -0.4 is 10.2 Å². The van der Waals surface area contributed by atoms with Gasteiger partial charge in [-0.3, -0.25) is 4.79 Å². The van der Waals surface area contributed by atoms with Crippen molar-refractivity contribution in [1.82, 2.24) is 20.3 Å². The van der Waals surface area contributed by atoms with E-state index < -0.39 is 5.97 Å². The van der Waals surface area contributed by atoms with Gasteiger partial charge in [0.2, 0.25) is 0 Å². The maximum Gasteiger partial charge on any atom is 0.355 e. The minimum Gasteiger partial charge on any atom is -0.476 e. The van der Waals surface area contributed by atoms with Gasteiger partial charge in [0.1, 0.15) is 0 Å². The number of aromatic carboxylic acids is 1. The van der Waals surface area contributed by atoms with Crippen LogP contribution in [0.5, 0.6) is 0 Å². The maximum absolute atomic E-state index is 12.6. The van der Waals surface area contributed by atoms with E-state index in [2.05, 4.69) is 20.3 Å². The molecule has 1 fully saturated rings.